The summed E-state index contributed by atoms with van der Waals surface area (Å²) >= 11 is 1.50. The fourth-order valence-electron chi connectivity index (χ4n) is 2.83. The zero-order chi connectivity index (χ0) is 13.9. The maximum absolute atomic E-state index is 4.23. The molecule has 0 aliphatic heterocycles. The second kappa shape index (κ2) is 6.02. The molecule has 1 N–H and O–H groups in total. The average Bonchev–Trinajstić information content (AvgIpc) is 2.88. The van der Waals surface area contributed by atoms with Crippen molar-refractivity contribution in [2.24, 2.45) is 0 Å². The summed E-state index contributed by atoms with van der Waals surface area (Å²) in [5.41, 5.74) is 3.90. The SMILES string of the molecule is CCc1nnsc1C(NC)c1ccc(C2CCC2)cc1. The number of rotatable bonds is 5. The van der Waals surface area contributed by atoms with Gasteiger partial charge in [-0.3, -0.25) is 0 Å². The van der Waals surface area contributed by atoms with Crippen molar-refractivity contribution in [2.45, 2.75) is 44.6 Å². The second-order valence-electron chi connectivity index (χ2n) is 5.45. The minimum absolute atomic E-state index is 0.209. The fraction of sp³-hybridized carbons (Fsp3) is 0.500. The second-order valence-corrected chi connectivity index (χ2v) is 6.24. The topological polar surface area (TPSA) is 37.8 Å². The van der Waals surface area contributed by atoms with E-state index in [0.29, 0.717) is 0 Å². The van der Waals surface area contributed by atoms with Gasteiger partial charge in [-0.1, -0.05) is 42.1 Å². The average molecular weight is 287 g/mol. The summed E-state index contributed by atoms with van der Waals surface area (Å²) < 4.78 is 4.11. The minimum Gasteiger partial charge on any atom is -0.309 e. The van der Waals surface area contributed by atoms with Crippen LogP contribution in [0.4, 0.5) is 0 Å². The lowest BCUT2D eigenvalue weighted by Crippen LogP contribution is -2.18. The number of nitrogens with one attached hydrogen (secondary N) is 1. The first-order valence-electron chi connectivity index (χ1n) is 7.41. The molecule has 0 bridgehead atoms. The van der Waals surface area contributed by atoms with Crippen molar-refractivity contribution in [3.63, 3.8) is 0 Å². The van der Waals surface area contributed by atoms with Crippen LogP contribution in [0.1, 0.15) is 59.8 Å². The Kier molecular flexibility index (Phi) is 4.13. The summed E-state index contributed by atoms with van der Waals surface area (Å²) in [6.07, 6.45) is 5.03. The summed E-state index contributed by atoms with van der Waals surface area (Å²) in [6, 6.07) is 9.31. The van der Waals surface area contributed by atoms with Crippen LogP contribution in [0.3, 0.4) is 0 Å². The molecule has 1 atom stereocenters. The zero-order valence-electron chi connectivity index (χ0n) is 12.1. The molecule has 1 fully saturated rings. The van der Waals surface area contributed by atoms with E-state index in [-0.39, 0.29) is 6.04 Å². The van der Waals surface area contributed by atoms with Gasteiger partial charge in [0.05, 0.1) is 16.6 Å². The highest BCUT2D eigenvalue weighted by atomic mass is 32.1. The third-order valence-electron chi connectivity index (χ3n) is 4.32. The highest BCUT2D eigenvalue weighted by molar-refractivity contribution is 7.05. The molecule has 1 aliphatic rings. The maximum atomic E-state index is 4.23. The molecular formula is C16H21N3S. The molecular weight excluding hydrogens is 266 g/mol. The Balaban J connectivity index is 1.85. The van der Waals surface area contributed by atoms with Crippen LogP contribution in [-0.4, -0.2) is 16.6 Å². The predicted octanol–water partition coefficient (Wildman–Crippen LogP) is 3.68. The van der Waals surface area contributed by atoms with Gasteiger partial charge in [0.2, 0.25) is 0 Å². The molecule has 0 radical (unpaired) electrons. The normalized spacial score (nSPS) is 16.9. The van der Waals surface area contributed by atoms with Crippen LogP contribution in [-0.2, 0) is 6.42 Å². The van der Waals surface area contributed by atoms with E-state index >= 15 is 0 Å². The molecule has 2 aromatic rings. The highest BCUT2D eigenvalue weighted by Crippen LogP contribution is 2.37. The quantitative estimate of drug-likeness (QED) is 0.911. The van der Waals surface area contributed by atoms with Gasteiger partial charge in [0, 0.05) is 0 Å². The van der Waals surface area contributed by atoms with E-state index < -0.39 is 0 Å². The first-order valence-corrected chi connectivity index (χ1v) is 8.19. The number of aromatic nitrogens is 2. The first-order chi connectivity index (χ1) is 9.83. The molecule has 3 rings (SSSR count). The summed E-state index contributed by atoms with van der Waals surface area (Å²) in [4.78, 5) is 1.24. The molecule has 4 heteroatoms. The van der Waals surface area contributed by atoms with Gasteiger partial charge in [0.15, 0.2) is 0 Å². The molecule has 1 unspecified atom stereocenters. The first kappa shape index (κ1) is 13.7. The Morgan fingerprint density at radius 3 is 2.60 bits per heavy atom. The summed E-state index contributed by atoms with van der Waals surface area (Å²) in [5, 5.41) is 7.63. The van der Waals surface area contributed by atoms with Gasteiger partial charge in [-0.15, -0.1) is 5.10 Å². The van der Waals surface area contributed by atoms with Gasteiger partial charge in [-0.2, -0.15) is 0 Å². The third kappa shape index (κ3) is 2.50. The Morgan fingerprint density at radius 2 is 2.05 bits per heavy atom. The Morgan fingerprint density at radius 1 is 1.30 bits per heavy atom. The zero-order valence-corrected chi connectivity index (χ0v) is 12.9. The number of hydrogen-bond donors (Lipinski definition) is 1. The van der Waals surface area contributed by atoms with Crippen molar-refractivity contribution in [1.82, 2.24) is 14.9 Å². The van der Waals surface area contributed by atoms with Crippen molar-refractivity contribution in [2.75, 3.05) is 7.05 Å². The van der Waals surface area contributed by atoms with Crippen LogP contribution >= 0.6 is 11.5 Å². The van der Waals surface area contributed by atoms with E-state index in [1.54, 1.807) is 0 Å². The Bertz CT molecular complexity index is 557. The molecule has 1 aromatic heterocycles. The van der Waals surface area contributed by atoms with Crippen LogP contribution < -0.4 is 5.32 Å². The third-order valence-corrected chi connectivity index (χ3v) is 5.15. The highest BCUT2D eigenvalue weighted by Gasteiger charge is 2.21. The molecule has 0 amide bonds. The van der Waals surface area contributed by atoms with Crippen molar-refractivity contribution in [3.05, 3.63) is 46.0 Å². The van der Waals surface area contributed by atoms with Crippen molar-refractivity contribution in [3.8, 4) is 0 Å². The monoisotopic (exact) mass is 287 g/mol. The van der Waals surface area contributed by atoms with E-state index in [2.05, 4.69) is 46.1 Å². The van der Waals surface area contributed by atoms with E-state index in [1.807, 2.05) is 7.05 Å². The van der Waals surface area contributed by atoms with Crippen LogP contribution in [0.15, 0.2) is 24.3 Å². The predicted molar refractivity (Wildman–Crippen MR) is 83.2 cm³/mol. The van der Waals surface area contributed by atoms with Crippen LogP contribution in [0.2, 0.25) is 0 Å². The Labute approximate surface area is 124 Å². The van der Waals surface area contributed by atoms with Crippen molar-refractivity contribution in [1.29, 1.82) is 0 Å². The molecule has 20 heavy (non-hydrogen) atoms. The molecule has 106 valence electrons. The number of nitrogens with zero attached hydrogens (tertiary/aromatic N) is 2. The lowest BCUT2D eigenvalue weighted by atomic mass is 9.80. The van der Waals surface area contributed by atoms with Crippen LogP contribution in [0.25, 0.3) is 0 Å². The van der Waals surface area contributed by atoms with E-state index in [9.17, 15) is 0 Å². The molecule has 1 saturated carbocycles. The minimum atomic E-state index is 0.209. The number of benzene rings is 1. The van der Waals surface area contributed by atoms with E-state index in [1.165, 1.54) is 46.8 Å². The lowest BCUT2D eigenvalue weighted by molar-refractivity contribution is 0.419. The smallest absolute Gasteiger partial charge is 0.0804 e. The molecule has 1 aliphatic carbocycles. The molecule has 0 saturated heterocycles. The summed E-state index contributed by atoms with van der Waals surface area (Å²) in [6.45, 7) is 2.13. The van der Waals surface area contributed by atoms with E-state index in [0.717, 1.165) is 18.0 Å². The van der Waals surface area contributed by atoms with Crippen molar-refractivity contribution >= 4 is 11.5 Å². The fourth-order valence-corrected chi connectivity index (χ4v) is 3.71. The standard InChI is InChI=1S/C16H21N3S/c1-3-14-16(20-19-18-14)15(17-2)13-9-7-12(8-10-13)11-5-4-6-11/h7-11,15,17H,3-6H2,1-2H3. The number of hydrogen-bond acceptors (Lipinski definition) is 4. The maximum Gasteiger partial charge on any atom is 0.0804 e. The number of aryl methyl sites for hydroxylation is 1. The van der Waals surface area contributed by atoms with Gasteiger partial charge < -0.3 is 5.32 Å². The molecule has 3 nitrogen and oxygen atoms in total. The van der Waals surface area contributed by atoms with Gasteiger partial charge in [-0.05, 0) is 54.9 Å². The van der Waals surface area contributed by atoms with Crippen LogP contribution in [0.5, 0.6) is 0 Å². The van der Waals surface area contributed by atoms with Gasteiger partial charge >= 0.3 is 0 Å². The summed E-state index contributed by atoms with van der Waals surface area (Å²) in [5.74, 6) is 0.799. The summed E-state index contributed by atoms with van der Waals surface area (Å²) in [7, 11) is 2.00. The molecule has 1 aromatic carbocycles. The van der Waals surface area contributed by atoms with E-state index in [4.69, 9.17) is 0 Å². The molecule has 1 heterocycles. The van der Waals surface area contributed by atoms with Gasteiger partial charge in [0.25, 0.3) is 0 Å². The molecule has 0 spiro atoms. The Hall–Kier alpha value is -1.26. The lowest BCUT2D eigenvalue weighted by Gasteiger charge is -2.26. The largest absolute Gasteiger partial charge is 0.309 e. The van der Waals surface area contributed by atoms with Crippen LogP contribution in [0, 0.1) is 0 Å². The van der Waals surface area contributed by atoms with Gasteiger partial charge in [-0.25, -0.2) is 0 Å². The van der Waals surface area contributed by atoms with Crippen molar-refractivity contribution < 1.29 is 0 Å². The van der Waals surface area contributed by atoms with Gasteiger partial charge in [0.1, 0.15) is 0 Å².